The summed E-state index contributed by atoms with van der Waals surface area (Å²) in [5.74, 6) is 0.523. The normalized spacial score (nSPS) is 14.6. The van der Waals surface area contributed by atoms with E-state index in [0.717, 1.165) is 53.9 Å². The fourth-order valence-electron chi connectivity index (χ4n) is 4.07. The van der Waals surface area contributed by atoms with Crippen molar-refractivity contribution in [1.29, 1.82) is 5.26 Å². The van der Waals surface area contributed by atoms with Gasteiger partial charge in [0.15, 0.2) is 0 Å². The second kappa shape index (κ2) is 7.92. The first-order chi connectivity index (χ1) is 14.1. The van der Waals surface area contributed by atoms with Crippen molar-refractivity contribution in [3.63, 3.8) is 0 Å². The van der Waals surface area contributed by atoms with Crippen LogP contribution in [0.15, 0.2) is 48.7 Å². The van der Waals surface area contributed by atoms with Gasteiger partial charge in [0.05, 0.1) is 23.5 Å². The van der Waals surface area contributed by atoms with Gasteiger partial charge in [-0.05, 0) is 73.6 Å². The van der Waals surface area contributed by atoms with Crippen LogP contribution in [0.5, 0.6) is 0 Å². The predicted molar refractivity (Wildman–Crippen MR) is 113 cm³/mol. The number of amides is 1. The van der Waals surface area contributed by atoms with Crippen LogP contribution < -0.4 is 0 Å². The molecule has 1 aliphatic heterocycles. The number of aromatic amines is 1. The molecule has 1 aliphatic rings. The Morgan fingerprint density at radius 1 is 1.10 bits per heavy atom. The zero-order valence-electron chi connectivity index (χ0n) is 16.8. The number of nitrogens with zero attached hydrogens (tertiary/aromatic N) is 3. The Balaban J connectivity index is 1.47. The lowest BCUT2D eigenvalue weighted by molar-refractivity contribution is 0.0713. The van der Waals surface area contributed by atoms with Crippen molar-refractivity contribution < 1.29 is 4.79 Å². The topological polar surface area (TPSA) is 72.8 Å². The molecule has 5 nitrogen and oxygen atoms in total. The highest BCUT2D eigenvalue weighted by molar-refractivity contribution is 5.95. The number of rotatable bonds is 3. The first kappa shape index (κ1) is 18.9. The highest BCUT2D eigenvalue weighted by Gasteiger charge is 2.25. The molecule has 0 radical (unpaired) electrons. The van der Waals surface area contributed by atoms with E-state index in [2.05, 4.69) is 16.3 Å². The minimum atomic E-state index is 0.0849. The number of hydrogen-bond donors (Lipinski definition) is 1. The predicted octanol–water partition coefficient (Wildman–Crippen LogP) is 4.59. The molecule has 2 heterocycles. The van der Waals surface area contributed by atoms with Gasteiger partial charge in [-0.3, -0.25) is 9.89 Å². The quantitative estimate of drug-likeness (QED) is 0.718. The molecule has 1 fully saturated rings. The third-order valence-corrected chi connectivity index (χ3v) is 5.88. The van der Waals surface area contributed by atoms with Gasteiger partial charge in [-0.15, -0.1) is 0 Å². The number of likely N-dealkylation sites (tertiary alicyclic amines) is 1. The Morgan fingerprint density at radius 3 is 2.45 bits per heavy atom. The number of aromatic nitrogens is 2. The Morgan fingerprint density at radius 2 is 1.83 bits per heavy atom. The lowest BCUT2D eigenvalue weighted by Gasteiger charge is -2.32. The Labute approximate surface area is 171 Å². The molecule has 5 heteroatoms. The van der Waals surface area contributed by atoms with Gasteiger partial charge in [0.25, 0.3) is 5.91 Å². The van der Waals surface area contributed by atoms with E-state index in [1.807, 2.05) is 61.2 Å². The molecule has 1 saturated heterocycles. The highest BCUT2D eigenvalue weighted by Crippen LogP contribution is 2.30. The Bertz CT molecular complexity index is 1070. The summed E-state index contributed by atoms with van der Waals surface area (Å²) in [6.07, 6.45) is 3.68. The number of aryl methyl sites for hydroxylation is 2. The van der Waals surface area contributed by atoms with Crippen LogP contribution in [0, 0.1) is 25.2 Å². The first-order valence-corrected chi connectivity index (χ1v) is 9.97. The summed E-state index contributed by atoms with van der Waals surface area (Å²) < 4.78 is 0. The van der Waals surface area contributed by atoms with Crippen LogP contribution in [0.2, 0.25) is 0 Å². The van der Waals surface area contributed by atoms with Crippen LogP contribution in [-0.4, -0.2) is 34.1 Å². The van der Waals surface area contributed by atoms with E-state index in [1.165, 1.54) is 5.56 Å². The smallest absolute Gasteiger partial charge is 0.253 e. The van der Waals surface area contributed by atoms with E-state index in [9.17, 15) is 4.79 Å². The zero-order valence-corrected chi connectivity index (χ0v) is 16.8. The van der Waals surface area contributed by atoms with Crippen LogP contribution in [0.3, 0.4) is 0 Å². The summed E-state index contributed by atoms with van der Waals surface area (Å²) in [6.45, 7) is 5.55. The Hall–Kier alpha value is -3.39. The molecular weight excluding hydrogens is 360 g/mol. The molecule has 3 aromatic rings. The molecule has 0 bridgehead atoms. The largest absolute Gasteiger partial charge is 0.339 e. The van der Waals surface area contributed by atoms with E-state index in [1.54, 1.807) is 6.20 Å². The number of carbonyl (C=O) groups excluding carboxylic acids is 1. The van der Waals surface area contributed by atoms with E-state index in [0.29, 0.717) is 11.5 Å². The van der Waals surface area contributed by atoms with Gasteiger partial charge in [0, 0.05) is 24.2 Å². The molecule has 29 heavy (non-hydrogen) atoms. The maximum atomic E-state index is 13.1. The molecule has 1 aromatic heterocycles. The lowest BCUT2D eigenvalue weighted by Crippen LogP contribution is -2.37. The van der Waals surface area contributed by atoms with Gasteiger partial charge in [0.1, 0.15) is 0 Å². The highest BCUT2D eigenvalue weighted by atomic mass is 16.2. The molecule has 4 rings (SSSR count). The van der Waals surface area contributed by atoms with E-state index >= 15 is 0 Å². The molecular formula is C24H24N4O. The molecule has 0 atom stereocenters. The maximum Gasteiger partial charge on any atom is 0.253 e. The summed E-state index contributed by atoms with van der Waals surface area (Å²) in [5, 5.41) is 16.1. The van der Waals surface area contributed by atoms with Crippen LogP contribution in [0.4, 0.5) is 0 Å². The zero-order chi connectivity index (χ0) is 20.4. The third kappa shape index (κ3) is 3.79. The van der Waals surface area contributed by atoms with Crippen molar-refractivity contribution in [3.8, 4) is 17.3 Å². The SMILES string of the molecule is Cc1ccc(C(=O)N2CCC(c3ccc(C#N)cc3)CC2)cc1-c1[nH]ncc1C. The summed E-state index contributed by atoms with van der Waals surface area (Å²) in [5.41, 5.74) is 6.84. The van der Waals surface area contributed by atoms with Crippen LogP contribution >= 0.6 is 0 Å². The summed E-state index contributed by atoms with van der Waals surface area (Å²) in [6, 6.07) is 15.9. The van der Waals surface area contributed by atoms with Crippen LogP contribution in [0.1, 0.15) is 51.4 Å². The average Bonchev–Trinajstić information content (AvgIpc) is 3.19. The molecule has 0 saturated carbocycles. The molecule has 0 spiro atoms. The first-order valence-electron chi connectivity index (χ1n) is 9.97. The van der Waals surface area contributed by atoms with E-state index in [-0.39, 0.29) is 5.91 Å². The van der Waals surface area contributed by atoms with E-state index in [4.69, 9.17) is 5.26 Å². The van der Waals surface area contributed by atoms with Gasteiger partial charge >= 0.3 is 0 Å². The van der Waals surface area contributed by atoms with Crippen molar-refractivity contribution in [2.45, 2.75) is 32.6 Å². The van der Waals surface area contributed by atoms with Crippen molar-refractivity contribution in [3.05, 3.63) is 76.5 Å². The van der Waals surface area contributed by atoms with Gasteiger partial charge in [-0.2, -0.15) is 10.4 Å². The summed E-state index contributed by atoms with van der Waals surface area (Å²) in [4.78, 5) is 15.1. The van der Waals surface area contributed by atoms with Crippen molar-refractivity contribution in [1.82, 2.24) is 15.1 Å². The summed E-state index contributed by atoms with van der Waals surface area (Å²) >= 11 is 0. The fraction of sp³-hybridized carbons (Fsp3) is 0.292. The molecule has 1 N–H and O–H groups in total. The number of hydrogen-bond acceptors (Lipinski definition) is 3. The number of nitriles is 1. The van der Waals surface area contributed by atoms with Crippen molar-refractivity contribution in [2.75, 3.05) is 13.1 Å². The minimum absolute atomic E-state index is 0.0849. The molecule has 146 valence electrons. The standard InChI is InChI=1S/C24H24N4O/c1-16-3-6-21(13-22(16)23-17(2)15-26-27-23)24(29)28-11-9-20(10-12-28)19-7-4-18(14-25)5-8-19/h3-8,13,15,20H,9-12H2,1-2H3,(H,26,27). The second-order valence-electron chi connectivity index (χ2n) is 7.76. The fourth-order valence-corrected chi connectivity index (χ4v) is 4.07. The van der Waals surface area contributed by atoms with Crippen molar-refractivity contribution >= 4 is 5.91 Å². The number of nitrogens with one attached hydrogen (secondary N) is 1. The molecule has 2 aromatic carbocycles. The number of H-pyrrole nitrogens is 1. The number of piperidine rings is 1. The van der Waals surface area contributed by atoms with Gasteiger partial charge in [-0.1, -0.05) is 18.2 Å². The minimum Gasteiger partial charge on any atom is -0.339 e. The lowest BCUT2D eigenvalue weighted by atomic mass is 9.88. The van der Waals surface area contributed by atoms with Crippen molar-refractivity contribution in [2.24, 2.45) is 0 Å². The third-order valence-electron chi connectivity index (χ3n) is 5.88. The maximum absolute atomic E-state index is 13.1. The second-order valence-corrected chi connectivity index (χ2v) is 7.76. The molecule has 0 aliphatic carbocycles. The monoisotopic (exact) mass is 384 g/mol. The van der Waals surface area contributed by atoms with Crippen LogP contribution in [-0.2, 0) is 0 Å². The number of benzene rings is 2. The van der Waals surface area contributed by atoms with Gasteiger partial charge in [0.2, 0.25) is 0 Å². The Kier molecular flexibility index (Phi) is 5.18. The molecule has 0 unspecified atom stereocenters. The number of carbonyl (C=O) groups is 1. The van der Waals surface area contributed by atoms with Gasteiger partial charge in [-0.25, -0.2) is 0 Å². The van der Waals surface area contributed by atoms with E-state index < -0.39 is 0 Å². The average molecular weight is 384 g/mol. The molecule has 1 amide bonds. The summed E-state index contributed by atoms with van der Waals surface area (Å²) in [7, 11) is 0. The van der Waals surface area contributed by atoms with Crippen LogP contribution in [0.25, 0.3) is 11.3 Å². The van der Waals surface area contributed by atoms with Gasteiger partial charge < -0.3 is 4.90 Å².